The summed E-state index contributed by atoms with van der Waals surface area (Å²) in [4.78, 5) is 32.9. The number of nitrogens with one attached hydrogen (secondary N) is 2. The quantitative estimate of drug-likeness (QED) is 0.427. The first-order chi connectivity index (χ1) is 18.1. The molecule has 1 aliphatic carbocycles. The topological polar surface area (TPSA) is 83.7 Å². The van der Waals surface area contributed by atoms with Crippen LogP contribution in [0.5, 0.6) is 5.75 Å². The van der Waals surface area contributed by atoms with Crippen LogP contribution < -0.4 is 10.1 Å². The monoisotopic (exact) mass is 501 g/mol. The van der Waals surface area contributed by atoms with Gasteiger partial charge in [0.2, 0.25) is 5.91 Å². The zero-order chi connectivity index (χ0) is 25.6. The number of aromatic nitrogens is 1. The molecule has 3 aromatic rings. The molecule has 2 amide bonds. The highest BCUT2D eigenvalue weighted by atomic mass is 16.5. The largest absolute Gasteiger partial charge is 0.497 e. The fourth-order valence-electron chi connectivity index (χ4n) is 5.38. The number of carbonyl (C=O) groups is 2. The molecule has 1 aliphatic heterocycles. The number of nitrogens with zero attached hydrogens (tertiary/aromatic N) is 1. The van der Waals surface area contributed by atoms with E-state index in [2.05, 4.69) is 10.3 Å². The smallest absolute Gasteiger partial charge is 0.271 e. The van der Waals surface area contributed by atoms with Gasteiger partial charge in [-0.2, -0.15) is 0 Å². The highest BCUT2D eigenvalue weighted by Crippen LogP contribution is 2.29. The second-order valence-electron chi connectivity index (χ2n) is 9.91. The van der Waals surface area contributed by atoms with Crippen molar-refractivity contribution in [3.05, 3.63) is 78.0 Å². The van der Waals surface area contributed by atoms with Gasteiger partial charge >= 0.3 is 0 Å². The van der Waals surface area contributed by atoms with E-state index in [0.717, 1.165) is 55.3 Å². The summed E-state index contributed by atoms with van der Waals surface area (Å²) in [7, 11) is 1.61. The number of hydrogen-bond acceptors (Lipinski definition) is 4. The van der Waals surface area contributed by atoms with Crippen molar-refractivity contribution in [3.8, 4) is 17.0 Å². The van der Waals surface area contributed by atoms with Crippen LogP contribution >= 0.6 is 0 Å². The predicted octanol–water partition coefficient (Wildman–Crippen LogP) is 5.11. The van der Waals surface area contributed by atoms with Gasteiger partial charge in [-0.25, -0.2) is 0 Å². The lowest BCUT2D eigenvalue weighted by Crippen LogP contribution is -2.48. The summed E-state index contributed by atoms with van der Waals surface area (Å²) in [6.45, 7) is 1.02. The fourth-order valence-corrected chi connectivity index (χ4v) is 5.38. The van der Waals surface area contributed by atoms with Crippen molar-refractivity contribution in [2.75, 3.05) is 20.3 Å². The molecule has 2 heterocycles. The van der Waals surface area contributed by atoms with Crippen LogP contribution in [0.25, 0.3) is 11.3 Å². The summed E-state index contributed by atoms with van der Waals surface area (Å²) in [6, 6.07) is 20.4. The van der Waals surface area contributed by atoms with E-state index in [-0.39, 0.29) is 24.0 Å². The standard InChI is InChI=1S/C30H35N3O4/c1-36-24-15-13-22(14-16-24)28(29(34)31-23-10-5-6-11-23)33(20-25-12-7-19-37-25)30(35)27-18-17-26(32-27)21-8-3-2-4-9-21/h2-4,8-9,13-18,23,25,28,32H,5-7,10-12,19-20H2,1H3,(H,31,34)/t25-,28-/m1/s1. The molecule has 0 bridgehead atoms. The van der Waals surface area contributed by atoms with Crippen molar-refractivity contribution >= 4 is 11.8 Å². The van der Waals surface area contributed by atoms with Crippen molar-refractivity contribution in [2.45, 2.75) is 56.7 Å². The molecule has 0 spiro atoms. The maximum absolute atomic E-state index is 14.1. The third-order valence-corrected chi connectivity index (χ3v) is 7.38. The molecule has 7 nitrogen and oxygen atoms in total. The summed E-state index contributed by atoms with van der Waals surface area (Å²) >= 11 is 0. The van der Waals surface area contributed by atoms with E-state index in [0.29, 0.717) is 24.6 Å². The van der Waals surface area contributed by atoms with Gasteiger partial charge in [-0.15, -0.1) is 0 Å². The highest BCUT2D eigenvalue weighted by molar-refractivity contribution is 5.97. The lowest BCUT2D eigenvalue weighted by molar-refractivity contribution is -0.127. The maximum atomic E-state index is 14.1. The number of methoxy groups -OCH3 is 1. The van der Waals surface area contributed by atoms with Crippen molar-refractivity contribution < 1.29 is 19.1 Å². The maximum Gasteiger partial charge on any atom is 0.271 e. The minimum Gasteiger partial charge on any atom is -0.497 e. The van der Waals surface area contributed by atoms with Crippen molar-refractivity contribution in [1.29, 1.82) is 0 Å². The van der Waals surface area contributed by atoms with E-state index in [4.69, 9.17) is 9.47 Å². The van der Waals surface area contributed by atoms with E-state index in [1.165, 1.54) is 0 Å². The van der Waals surface area contributed by atoms with E-state index in [1.54, 1.807) is 18.1 Å². The Morgan fingerprint density at radius 2 is 1.76 bits per heavy atom. The van der Waals surface area contributed by atoms with E-state index >= 15 is 0 Å². The SMILES string of the molecule is COc1ccc([C@H](C(=O)NC2CCCC2)N(C[C@H]2CCCO2)C(=O)c2ccc(-c3ccccc3)[nH]2)cc1. The van der Waals surface area contributed by atoms with Crippen molar-refractivity contribution in [2.24, 2.45) is 0 Å². The zero-order valence-corrected chi connectivity index (χ0v) is 21.3. The van der Waals surface area contributed by atoms with Crippen molar-refractivity contribution in [3.63, 3.8) is 0 Å². The Morgan fingerprint density at radius 1 is 1.00 bits per heavy atom. The lowest BCUT2D eigenvalue weighted by Gasteiger charge is -2.33. The number of hydrogen-bond donors (Lipinski definition) is 2. The van der Waals surface area contributed by atoms with E-state index in [1.807, 2.05) is 60.7 Å². The summed E-state index contributed by atoms with van der Waals surface area (Å²) in [5, 5.41) is 3.23. The average Bonchev–Trinajstić information content (AvgIpc) is 3.72. The third-order valence-electron chi connectivity index (χ3n) is 7.38. The lowest BCUT2D eigenvalue weighted by atomic mass is 10.0. The number of ether oxygens (including phenoxy) is 2. The van der Waals surface area contributed by atoms with Crippen LogP contribution in [0.4, 0.5) is 0 Å². The van der Waals surface area contributed by atoms with Gasteiger partial charge in [0.05, 0.1) is 13.2 Å². The molecule has 5 rings (SSSR count). The van der Waals surface area contributed by atoms with Gasteiger partial charge in [0, 0.05) is 24.9 Å². The van der Waals surface area contributed by atoms with Gasteiger partial charge in [0.1, 0.15) is 17.5 Å². The van der Waals surface area contributed by atoms with Gasteiger partial charge < -0.3 is 24.7 Å². The van der Waals surface area contributed by atoms with Gasteiger partial charge in [-0.3, -0.25) is 9.59 Å². The Bertz CT molecular complexity index is 1180. The number of amides is 2. The molecule has 0 radical (unpaired) electrons. The Kier molecular flexibility index (Phi) is 7.90. The van der Waals surface area contributed by atoms with Gasteiger partial charge in [0.25, 0.3) is 5.91 Å². The molecule has 7 heteroatoms. The van der Waals surface area contributed by atoms with Crippen LogP contribution in [0.2, 0.25) is 0 Å². The van der Waals surface area contributed by atoms with E-state index < -0.39 is 6.04 Å². The average molecular weight is 502 g/mol. The fraction of sp³-hybridized carbons (Fsp3) is 0.400. The van der Waals surface area contributed by atoms with Gasteiger partial charge in [0.15, 0.2) is 0 Å². The summed E-state index contributed by atoms with van der Waals surface area (Å²) < 4.78 is 11.3. The molecular formula is C30H35N3O4. The number of carbonyl (C=O) groups excluding carboxylic acids is 2. The van der Waals surface area contributed by atoms with Crippen LogP contribution in [0.3, 0.4) is 0 Å². The van der Waals surface area contributed by atoms with Gasteiger partial charge in [-0.1, -0.05) is 55.3 Å². The molecular weight excluding hydrogens is 466 g/mol. The number of rotatable bonds is 9. The molecule has 2 aliphatic rings. The highest BCUT2D eigenvalue weighted by Gasteiger charge is 2.36. The summed E-state index contributed by atoms with van der Waals surface area (Å²) in [6.07, 6.45) is 5.88. The van der Waals surface area contributed by atoms with Crippen LogP contribution in [-0.2, 0) is 9.53 Å². The molecule has 194 valence electrons. The van der Waals surface area contributed by atoms with Crippen LogP contribution in [0.1, 0.15) is 60.6 Å². The Balaban J connectivity index is 1.49. The summed E-state index contributed by atoms with van der Waals surface area (Å²) in [5.41, 5.74) is 3.05. The molecule has 2 aromatic carbocycles. The Hall–Kier alpha value is -3.58. The summed E-state index contributed by atoms with van der Waals surface area (Å²) in [5.74, 6) is 0.325. The molecule has 2 N–H and O–H groups in total. The van der Waals surface area contributed by atoms with Crippen LogP contribution in [0, 0.1) is 0 Å². The Morgan fingerprint density at radius 3 is 2.43 bits per heavy atom. The molecule has 0 unspecified atom stereocenters. The first-order valence-electron chi connectivity index (χ1n) is 13.2. The molecule has 2 fully saturated rings. The zero-order valence-electron chi connectivity index (χ0n) is 21.3. The van der Waals surface area contributed by atoms with Crippen LogP contribution in [0.15, 0.2) is 66.7 Å². The van der Waals surface area contributed by atoms with Gasteiger partial charge in [-0.05, 0) is 61.1 Å². The minimum atomic E-state index is -0.785. The Labute approximate surface area is 218 Å². The normalized spacial score (nSPS) is 18.5. The molecule has 1 saturated carbocycles. The number of aromatic amines is 1. The first kappa shape index (κ1) is 25.1. The third kappa shape index (κ3) is 5.88. The van der Waals surface area contributed by atoms with E-state index in [9.17, 15) is 9.59 Å². The minimum absolute atomic E-state index is 0.104. The molecule has 1 saturated heterocycles. The number of H-pyrrole nitrogens is 1. The molecule has 37 heavy (non-hydrogen) atoms. The molecule has 2 atom stereocenters. The number of benzene rings is 2. The van der Waals surface area contributed by atoms with Crippen molar-refractivity contribution in [1.82, 2.24) is 15.2 Å². The second kappa shape index (κ2) is 11.6. The van der Waals surface area contributed by atoms with Crippen LogP contribution in [-0.4, -0.2) is 54.1 Å². The predicted molar refractivity (Wildman–Crippen MR) is 142 cm³/mol. The second-order valence-corrected chi connectivity index (χ2v) is 9.91. The molecule has 1 aromatic heterocycles. The first-order valence-corrected chi connectivity index (χ1v) is 13.2.